The van der Waals surface area contributed by atoms with Crippen molar-refractivity contribution in [2.45, 2.75) is 19.5 Å². The van der Waals surface area contributed by atoms with Crippen molar-refractivity contribution < 1.29 is 19.0 Å². The third-order valence-corrected chi connectivity index (χ3v) is 6.00. The zero-order valence-electron chi connectivity index (χ0n) is 18.7. The smallest absolute Gasteiger partial charge is 0.255 e. The highest BCUT2D eigenvalue weighted by atomic mass is 16.5. The lowest BCUT2D eigenvalue weighted by atomic mass is 10.0. The van der Waals surface area contributed by atoms with Gasteiger partial charge in [0, 0.05) is 22.9 Å². The second-order valence-electron chi connectivity index (χ2n) is 7.89. The fourth-order valence-corrected chi connectivity index (χ4v) is 4.24. The second-order valence-corrected chi connectivity index (χ2v) is 7.89. The number of ether oxygens (including phenoxy) is 3. The molecule has 1 atom stereocenters. The van der Waals surface area contributed by atoms with Gasteiger partial charge in [-0.3, -0.25) is 4.79 Å². The first-order chi connectivity index (χ1) is 16.1. The predicted molar refractivity (Wildman–Crippen MR) is 124 cm³/mol. The van der Waals surface area contributed by atoms with E-state index in [1.807, 2.05) is 48.2 Å². The van der Waals surface area contributed by atoms with Crippen molar-refractivity contribution in [3.05, 3.63) is 59.4 Å². The number of fused-ring (bicyclic) bond motifs is 2. The summed E-state index contributed by atoms with van der Waals surface area (Å²) in [4.78, 5) is 23.6. The Morgan fingerprint density at radius 3 is 2.88 bits per heavy atom. The summed E-state index contributed by atoms with van der Waals surface area (Å²) < 4.78 is 16.5. The van der Waals surface area contributed by atoms with E-state index >= 15 is 0 Å². The molecule has 0 bridgehead atoms. The molecule has 0 aliphatic carbocycles. The van der Waals surface area contributed by atoms with E-state index in [4.69, 9.17) is 14.2 Å². The Balaban J connectivity index is 1.40. The molecule has 33 heavy (non-hydrogen) atoms. The van der Waals surface area contributed by atoms with Crippen LogP contribution in [-0.2, 0) is 6.54 Å². The maximum atomic E-state index is 13.2. The first-order valence-corrected chi connectivity index (χ1v) is 10.7. The Labute approximate surface area is 191 Å². The summed E-state index contributed by atoms with van der Waals surface area (Å²) in [6.07, 6.45) is 1.49. The van der Waals surface area contributed by atoms with E-state index in [2.05, 4.69) is 20.6 Å². The van der Waals surface area contributed by atoms with Crippen molar-refractivity contribution in [3.63, 3.8) is 0 Å². The number of aromatic nitrogens is 2. The molecule has 9 nitrogen and oxygen atoms in total. The van der Waals surface area contributed by atoms with E-state index in [1.54, 1.807) is 14.2 Å². The summed E-state index contributed by atoms with van der Waals surface area (Å²) >= 11 is 0. The minimum Gasteiger partial charge on any atom is -0.497 e. The molecule has 2 aromatic carbocycles. The maximum absolute atomic E-state index is 13.2. The molecule has 2 N–H and O–H groups in total. The van der Waals surface area contributed by atoms with Crippen molar-refractivity contribution in [2.75, 3.05) is 38.0 Å². The summed E-state index contributed by atoms with van der Waals surface area (Å²) in [5.41, 5.74) is 3.40. The zero-order chi connectivity index (χ0) is 22.9. The normalized spacial score (nSPS) is 16.4. The first-order valence-electron chi connectivity index (χ1n) is 10.7. The second kappa shape index (κ2) is 8.50. The number of amides is 1. The molecule has 0 saturated heterocycles. The van der Waals surface area contributed by atoms with E-state index in [1.165, 1.54) is 6.33 Å². The molecule has 3 aromatic rings. The first kappa shape index (κ1) is 20.9. The van der Waals surface area contributed by atoms with Gasteiger partial charge in [0.2, 0.25) is 5.75 Å². The highest BCUT2D eigenvalue weighted by Gasteiger charge is 2.34. The molecular weight excluding hydrogens is 422 g/mol. The highest BCUT2D eigenvalue weighted by molar-refractivity contribution is 5.99. The average molecular weight is 447 g/mol. The lowest BCUT2D eigenvalue weighted by Crippen LogP contribution is -2.26. The van der Waals surface area contributed by atoms with Gasteiger partial charge in [-0.05, 0) is 42.8 Å². The van der Waals surface area contributed by atoms with Gasteiger partial charge in [0.15, 0.2) is 11.6 Å². The van der Waals surface area contributed by atoms with Crippen molar-refractivity contribution in [3.8, 4) is 17.2 Å². The number of benzene rings is 2. The average Bonchev–Trinajstić information content (AvgIpc) is 3.08. The van der Waals surface area contributed by atoms with Crippen LogP contribution in [0.15, 0.2) is 42.7 Å². The maximum Gasteiger partial charge on any atom is 0.255 e. The van der Waals surface area contributed by atoms with Gasteiger partial charge >= 0.3 is 0 Å². The number of nitrogens with one attached hydrogen (secondary N) is 2. The highest BCUT2D eigenvalue weighted by Crippen LogP contribution is 2.39. The van der Waals surface area contributed by atoms with Crippen molar-refractivity contribution in [1.82, 2.24) is 14.9 Å². The number of anilines is 3. The van der Waals surface area contributed by atoms with Gasteiger partial charge in [-0.25, -0.2) is 9.97 Å². The summed E-state index contributed by atoms with van der Waals surface area (Å²) in [5.74, 6) is 3.25. The van der Waals surface area contributed by atoms with Crippen LogP contribution in [0.2, 0.25) is 0 Å². The number of carbonyl (C=O) groups excluding carboxylic acids is 1. The third kappa shape index (κ3) is 3.75. The number of hydrogen-bond acceptors (Lipinski definition) is 8. The van der Waals surface area contributed by atoms with Crippen LogP contribution in [-0.4, -0.2) is 48.1 Å². The molecule has 0 saturated carbocycles. The van der Waals surface area contributed by atoms with Crippen LogP contribution in [0.5, 0.6) is 17.2 Å². The van der Waals surface area contributed by atoms with Gasteiger partial charge in [-0.1, -0.05) is 0 Å². The van der Waals surface area contributed by atoms with Crippen LogP contribution in [0.3, 0.4) is 0 Å². The SMILES string of the molecule is COc1ccc(CN2C(=O)c3ccc(Nc4ncnc5c4OCCN5)cc3C2C)c(OC)c1. The van der Waals surface area contributed by atoms with Crippen LogP contribution >= 0.6 is 0 Å². The van der Waals surface area contributed by atoms with Crippen molar-refractivity contribution in [1.29, 1.82) is 0 Å². The molecule has 1 amide bonds. The van der Waals surface area contributed by atoms with Crippen LogP contribution in [0, 0.1) is 0 Å². The van der Waals surface area contributed by atoms with Gasteiger partial charge in [-0.2, -0.15) is 0 Å². The van der Waals surface area contributed by atoms with E-state index in [9.17, 15) is 4.79 Å². The fourth-order valence-electron chi connectivity index (χ4n) is 4.24. The molecule has 170 valence electrons. The third-order valence-electron chi connectivity index (χ3n) is 6.00. The summed E-state index contributed by atoms with van der Waals surface area (Å²) in [7, 11) is 3.23. The van der Waals surface area contributed by atoms with Crippen LogP contribution in [0.25, 0.3) is 0 Å². The Morgan fingerprint density at radius 2 is 2.06 bits per heavy atom. The van der Waals surface area contributed by atoms with Crippen LogP contribution < -0.4 is 24.8 Å². The topological polar surface area (TPSA) is 97.8 Å². The van der Waals surface area contributed by atoms with E-state index in [0.717, 1.165) is 16.8 Å². The van der Waals surface area contributed by atoms with Gasteiger partial charge in [-0.15, -0.1) is 0 Å². The number of carbonyl (C=O) groups is 1. The molecule has 0 spiro atoms. The van der Waals surface area contributed by atoms with E-state index in [0.29, 0.717) is 54.1 Å². The van der Waals surface area contributed by atoms with Gasteiger partial charge < -0.3 is 29.7 Å². The van der Waals surface area contributed by atoms with E-state index < -0.39 is 0 Å². The van der Waals surface area contributed by atoms with Crippen molar-refractivity contribution in [2.24, 2.45) is 0 Å². The lowest BCUT2D eigenvalue weighted by Gasteiger charge is -2.23. The molecule has 0 radical (unpaired) electrons. The Morgan fingerprint density at radius 1 is 1.18 bits per heavy atom. The number of nitrogens with zero attached hydrogens (tertiary/aromatic N) is 3. The van der Waals surface area contributed by atoms with E-state index in [-0.39, 0.29) is 11.9 Å². The molecule has 0 fully saturated rings. The van der Waals surface area contributed by atoms with Gasteiger partial charge in [0.05, 0.1) is 33.4 Å². The molecule has 2 aliphatic rings. The molecule has 3 heterocycles. The summed E-state index contributed by atoms with van der Waals surface area (Å²) in [6.45, 7) is 3.72. The standard InChI is InChI=1S/C24H25N5O4/c1-14-19-10-16(28-23-21-22(26-13-27-23)25-8-9-33-21)5-7-18(19)24(30)29(14)12-15-4-6-17(31-2)11-20(15)32-3/h4-7,10-11,13-14H,8-9,12H2,1-3H3,(H2,25,26,27,28). The summed E-state index contributed by atoms with van der Waals surface area (Å²) in [6, 6.07) is 11.3. The van der Waals surface area contributed by atoms with Crippen LogP contribution in [0.1, 0.15) is 34.5 Å². The Bertz CT molecular complexity index is 1220. The van der Waals surface area contributed by atoms with Crippen LogP contribution in [0.4, 0.5) is 17.3 Å². The number of hydrogen-bond donors (Lipinski definition) is 2. The Kier molecular flexibility index (Phi) is 5.37. The quantitative estimate of drug-likeness (QED) is 0.590. The van der Waals surface area contributed by atoms with Gasteiger partial charge in [0.25, 0.3) is 5.91 Å². The molecule has 2 aliphatic heterocycles. The minimum absolute atomic E-state index is 0.00568. The van der Waals surface area contributed by atoms with Gasteiger partial charge in [0.1, 0.15) is 24.4 Å². The summed E-state index contributed by atoms with van der Waals surface area (Å²) in [5, 5.41) is 6.52. The molecule has 9 heteroatoms. The number of rotatable bonds is 6. The minimum atomic E-state index is -0.0988. The number of methoxy groups -OCH3 is 2. The Hall–Kier alpha value is -4.01. The lowest BCUT2D eigenvalue weighted by molar-refractivity contribution is 0.0721. The fraction of sp³-hybridized carbons (Fsp3) is 0.292. The predicted octanol–water partition coefficient (Wildman–Crippen LogP) is 3.76. The van der Waals surface area contributed by atoms with Crippen molar-refractivity contribution >= 4 is 23.2 Å². The molecule has 1 unspecified atom stereocenters. The molecule has 1 aromatic heterocycles. The largest absolute Gasteiger partial charge is 0.497 e. The molecule has 5 rings (SSSR count). The molecular formula is C24H25N5O4. The zero-order valence-corrected chi connectivity index (χ0v) is 18.7. The monoisotopic (exact) mass is 447 g/mol.